The van der Waals surface area contributed by atoms with Crippen LogP contribution in [0.25, 0.3) is 0 Å². The lowest BCUT2D eigenvalue weighted by Gasteiger charge is -2.19. The highest BCUT2D eigenvalue weighted by Gasteiger charge is 2.19. The van der Waals surface area contributed by atoms with E-state index < -0.39 is 23.8 Å². The Labute approximate surface area is 147 Å². The molecule has 1 N–H and O–H groups in total. The van der Waals surface area contributed by atoms with E-state index in [0.29, 0.717) is 5.69 Å². The van der Waals surface area contributed by atoms with Gasteiger partial charge in [0.05, 0.1) is 5.56 Å². The summed E-state index contributed by atoms with van der Waals surface area (Å²) in [5, 5.41) is 2.71. The zero-order valence-electron chi connectivity index (χ0n) is 14.8. The molecule has 1 unspecified atom stereocenters. The molecule has 0 bridgehead atoms. The van der Waals surface area contributed by atoms with E-state index in [1.165, 1.54) is 19.1 Å². The summed E-state index contributed by atoms with van der Waals surface area (Å²) in [5.41, 5.74) is 2.00. The normalized spacial score (nSPS) is 12.4. The van der Waals surface area contributed by atoms with Gasteiger partial charge in [0.25, 0.3) is 5.91 Å². The quantitative estimate of drug-likeness (QED) is 0.842. The maximum atomic E-state index is 12.9. The third-order valence-corrected chi connectivity index (χ3v) is 3.75. The molecule has 4 nitrogen and oxygen atoms in total. The summed E-state index contributed by atoms with van der Waals surface area (Å²) in [6, 6.07) is 12.5. The van der Waals surface area contributed by atoms with Crippen LogP contribution >= 0.6 is 0 Å². The molecular weight excluding hydrogens is 321 g/mol. The van der Waals surface area contributed by atoms with Gasteiger partial charge >= 0.3 is 5.97 Å². The van der Waals surface area contributed by atoms with Gasteiger partial charge in [-0.05, 0) is 54.3 Å². The minimum Gasteiger partial charge on any atom is -0.449 e. The molecule has 0 heterocycles. The van der Waals surface area contributed by atoms with Crippen molar-refractivity contribution in [2.75, 3.05) is 5.32 Å². The van der Waals surface area contributed by atoms with Crippen LogP contribution in [0.3, 0.4) is 0 Å². The summed E-state index contributed by atoms with van der Waals surface area (Å²) >= 11 is 0. The van der Waals surface area contributed by atoms with E-state index >= 15 is 0 Å². The summed E-state index contributed by atoms with van der Waals surface area (Å²) in [6.45, 7) is 7.81. The Bertz CT molecular complexity index is 746. The van der Waals surface area contributed by atoms with Crippen LogP contribution in [0, 0.1) is 5.82 Å². The number of halogens is 1. The monoisotopic (exact) mass is 343 g/mol. The van der Waals surface area contributed by atoms with Crippen LogP contribution in [-0.2, 0) is 14.9 Å². The average molecular weight is 343 g/mol. The van der Waals surface area contributed by atoms with Gasteiger partial charge in [0.15, 0.2) is 6.10 Å². The number of esters is 1. The van der Waals surface area contributed by atoms with Crippen LogP contribution in [0.5, 0.6) is 0 Å². The highest BCUT2D eigenvalue weighted by molar-refractivity contribution is 5.97. The van der Waals surface area contributed by atoms with E-state index in [0.717, 1.165) is 17.7 Å². The molecule has 132 valence electrons. The topological polar surface area (TPSA) is 55.4 Å². The Hall–Kier alpha value is -2.69. The lowest BCUT2D eigenvalue weighted by atomic mass is 9.87. The van der Waals surface area contributed by atoms with Crippen LogP contribution in [0.4, 0.5) is 10.1 Å². The molecule has 2 aromatic carbocycles. The molecule has 0 radical (unpaired) electrons. The maximum Gasteiger partial charge on any atom is 0.338 e. The number of amides is 1. The summed E-state index contributed by atoms with van der Waals surface area (Å²) in [6.07, 6.45) is -0.972. The van der Waals surface area contributed by atoms with Crippen LogP contribution in [0.15, 0.2) is 48.5 Å². The van der Waals surface area contributed by atoms with E-state index in [2.05, 4.69) is 26.1 Å². The molecule has 0 aliphatic rings. The van der Waals surface area contributed by atoms with E-state index in [1.807, 2.05) is 24.3 Å². The zero-order valence-corrected chi connectivity index (χ0v) is 14.8. The number of hydrogen-bond donors (Lipinski definition) is 1. The van der Waals surface area contributed by atoms with Crippen LogP contribution < -0.4 is 5.32 Å². The van der Waals surface area contributed by atoms with Gasteiger partial charge in [-0.15, -0.1) is 0 Å². The molecule has 2 aromatic rings. The summed E-state index contributed by atoms with van der Waals surface area (Å²) in [7, 11) is 0. The number of benzene rings is 2. The molecule has 0 spiro atoms. The van der Waals surface area contributed by atoms with Crippen molar-refractivity contribution in [1.29, 1.82) is 0 Å². The molecule has 2 rings (SSSR count). The van der Waals surface area contributed by atoms with Gasteiger partial charge in [-0.3, -0.25) is 4.79 Å². The summed E-state index contributed by atoms with van der Waals surface area (Å²) in [4.78, 5) is 24.1. The van der Waals surface area contributed by atoms with Crippen LogP contribution in [0.2, 0.25) is 0 Å². The SMILES string of the molecule is CC(OC(=O)c1ccc(F)cc1)C(=O)Nc1ccc(C(C)(C)C)cc1. The lowest BCUT2D eigenvalue weighted by molar-refractivity contribution is -0.123. The summed E-state index contributed by atoms with van der Waals surface area (Å²) < 4.78 is 18.0. The molecule has 5 heteroatoms. The summed E-state index contributed by atoms with van der Waals surface area (Å²) in [5.74, 6) is -1.55. The zero-order chi connectivity index (χ0) is 18.6. The molecule has 0 aliphatic carbocycles. The Kier molecular flexibility index (Phi) is 5.57. The van der Waals surface area contributed by atoms with Gasteiger partial charge in [0.2, 0.25) is 0 Å². The Balaban J connectivity index is 1.95. The largest absolute Gasteiger partial charge is 0.449 e. The minimum atomic E-state index is -0.972. The number of ether oxygens (including phenoxy) is 1. The molecular formula is C20H22FNO3. The Morgan fingerprint density at radius 1 is 1.00 bits per heavy atom. The van der Waals surface area contributed by atoms with Crippen molar-refractivity contribution in [3.8, 4) is 0 Å². The standard InChI is InChI=1S/C20H22FNO3/c1-13(25-19(24)14-5-9-16(21)10-6-14)18(23)22-17-11-7-15(8-12-17)20(2,3)4/h5-13H,1-4H3,(H,22,23). The number of anilines is 1. The average Bonchev–Trinajstić information content (AvgIpc) is 2.55. The minimum absolute atomic E-state index is 0.0283. The van der Waals surface area contributed by atoms with Gasteiger partial charge in [0, 0.05) is 5.69 Å². The maximum absolute atomic E-state index is 12.9. The third-order valence-electron chi connectivity index (χ3n) is 3.75. The second-order valence-corrected chi connectivity index (χ2v) is 6.87. The van der Waals surface area contributed by atoms with Gasteiger partial charge in [-0.1, -0.05) is 32.9 Å². The van der Waals surface area contributed by atoms with E-state index in [4.69, 9.17) is 4.74 Å². The first kappa shape index (κ1) is 18.6. The predicted octanol–water partition coefficient (Wildman–Crippen LogP) is 4.31. The van der Waals surface area contributed by atoms with Crippen molar-refractivity contribution in [3.05, 3.63) is 65.5 Å². The molecule has 25 heavy (non-hydrogen) atoms. The fraction of sp³-hybridized carbons (Fsp3) is 0.300. The second kappa shape index (κ2) is 7.47. The van der Waals surface area contributed by atoms with Crippen molar-refractivity contribution in [2.24, 2.45) is 0 Å². The lowest BCUT2D eigenvalue weighted by Crippen LogP contribution is -2.30. The van der Waals surface area contributed by atoms with Gasteiger partial charge < -0.3 is 10.1 Å². The number of rotatable bonds is 4. The van der Waals surface area contributed by atoms with Crippen molar-refractivity contribution in [2.45, 2.75) is 39.2 Å². The molecule has 0 aromatic heterocycles. The molecule has 1 atom stereocenters. The molecule has 0 saturated heterocycles. The first-order chi connectivity index (χ1) is 11.7. The Morgan fingerprint density at radius 2 is 1.56 bits per heavy atom. The highest BCUT2D eigenvalue weighted by Crippen LogP contribution is 2.23. The number of carbonyl (C=O) groups excluding carboxylic acids is 2. The number of hydrogen-bond acceptors (Lipinski definition) is 3. The van der Waals surface area contributed by atoms with Gasteiger partial charge in [-0.25, -0.2) is 9.18 Å². The van der Waals surface area contributed by atoms with Crippen LogP contribution in [-0.4, -0.2) is 18.0 Å². The first-order valence-corrected chi connectivity index (χ1v) is 8.05. The third kappa shape index (κ3) is 5.14. The van der Waals surface area contributed by atoms with E-state index in [-0.39, 0.29) is 11.0 Å². The van der Waals surface area contributed by atoms with Gasteiger partial charge in [-0.2, -0.15) is 0 Å². The van der Waals surface area contributed by atoms with Crippen molar-refractivity contribution >= 4 is 17.6 Å². The molecule has 1 amide bonds. The molecule has 0 saturated carbocycles. The van der Waals surface area contributed by atoms with Crippen LogP contribution in [0.1, 0.15) is 43.6 Å². The van der Waals surface area contributed by atoms with E-state index in [9.17, 15) is 14.0 Å². The molecule has 0 fully saturated rings. The Morgan fingerprint density at radius 3 is 2.08 bits per heavy atom. The first-order valence-electron chi connectivity index (χ1n) is 8.05. The van der Waals surface area contributed by atoms with Crippen molar-refractivity contribution in [1.82, 2.24) is 0 Å². The number of nitrogens with one attached hydrogen (secondary N) is 1. The number of carbonyl (C=O) groups is 2. The molecule has 0 aliphatic heterocycles. The second-order valence-electron chi connectivity index (χ2n) is 6.87. The highest BCUT2D eigenvalue weighted by atomic mass is 19.1. The fourth-order valence-corrected chi connectivity index (χ4v) is 2.17. The smallest absolute Gasteiger partial charge is 0.338 e. The predicted molar refractivity (Wildman–Crippen MR) is 95.0 cm³/mol. The van der Waals surface area contributed by atoms with Crippen molar-refractivity contribution < 1.29 is 18.7 Å². The van der Waals surface area contributed by atoms with Crippen molar-refractivity contribution in [3.63, 3.8) is 0 Å². The fourth-order valence-electron chi connectivity index (χ4n) is 2.17. The van der Waals surface area contributed by atoms with Gasteiger partial charge in [0.1, 0.15) is 5.82 Å². The van der Waals surface area contributed by atoms with E-state index in [1.54, 1.807) is 0 Å².